The molecule has 0 bridgehead atoms. The molecule has 0 unspecified atom stereocenters. The average Bonchev–Trinajstić information content (AvgIpc) is 3.32. The van der Waals surface area contributed by atoms with Crippen molar-refractivity contribution in [1.29, 1.82) is 0 Å². The highest BCUT2D eigenvalue weighted by molar-refractivity contribution is 6.31. The van der Waals surface area contributed by atoms with E-state index in [2.05, 4.69) is 10.6 Å². The molecule has 4 rings (SSSR count). The van der Waals surface area contributed by atoms with Crippen LogP contribution >= 0.6 is 11.6 Å². The zero-order valence-electron chi connectivity index (χ0n) is 17.6. The lowest BCUT2D eigenvalue weighted by Gasteiger charge is -2.12. The van der Waals surface area contributed by atoms with Crippen LogP contribution in [0, 0.1) is 13.8 Å². The number of anilines is 1. The van der Waals surface area contributed by atoms with E-state index in [0.29, 0.717) is 16.4 Å². The van der Waals surface area contributed by atoms with Crippen LogP contribution < -0.4 is 10.6 Å². The van der Waals surface area contributed by atoms with Crippen LogP contribution in [0.3, 0.4) is 0 Å². The molecule has 1 aliphatic heterocycles. The third-order valence-corrected chi connectivity index (χ3v) is 5.51. The maximum absolute atomic E-state index is 12.8. The number of nitrogens with zero attached hydrogens (tertiary/aromatic N) is 2. The van der Waals surface area contributed by atoms with E-state index < -0.39 is 17.8 Å². The molecule has 4 amide bonds. The monoisotopic (exact) mass is 448 g/mol. The molecule has 8 heteroatoms. The first-order valence-corrected chi connectivity index (χ1v) is 10.3. The molecular weight excluding hydrogens is 428 g/mol. The van der Waals surface area contributed by atoms with E-state index in [9.17, 15) is 14.4 Å². The van der Waals surface area contributed by atoms with Crippen LogP contribution in [0.4, 0.5) is 10.5 Å². The van der Waals surface area contributed by atoms with Gasteiger partial charge in [-0.1, -0.05) is 35.4 Å². The Morgan fingerprint density at radius 1 is 1.09 bits per heavy atom. The number of amides is 4. The second-order valence-corrected chi connectivity index (χ2v) is 7.94. The molecule has 1 aliphatic rings. The number of halogens is 1. The van der Waals surface area contributed by atoms with Crippen molar-refractivity contribution in [2.75, 3.05) is 11.9 Å². The lowest BCUT2D eigenvalue weighted by atomic mass is 10.2. The molecule has 1 saturated heterocycles. The molecule has 162 valence electrons. The van der Waals surface area contributed by atoms with E-state index in [1.54, 1.807) is 18.2 Å². The smallest absolute Gasteiger partial charge is 0.325 e. The van der Waals surface area contributed by atoms with Crippen molar-refractivity contribution in [1.82, 2.24) is 14.8 Å². The van der Waals surface area contributed by atoms with Crippen LogP contribution in [0.15, 0.2) is 66.5 Å². The van der Waals surface area contributed by atoms with E-state index in [1.807, 2.05) is 67.1 Å². The van der Waals surface area contributed by atoms with Crippen LogP contribution in [0.25, 0.3) is 11.8 Å². The summed E-state index contributed by atoms with van der Waals surface area (Å²) in [5.41, 5.74) is 4.21. The minimum Gasteiger partial charge on any atom is -0.325 e. The van der Waals surface area contributed by atoms with Crippen molar-refractivity contribution in [2.24, 2.45) is 0 Å². The molecule has 32 heavy (non-hydrogen) atoms. The zero-order valence-corrected chi connectivity index (χ0v) is 18.3. The first-order valence-electron chi connectivity index (χ1n) is 9.97. The van der Waals surface area contributed by atoms with Gasteiger partial charge in [-0.3, -0.25) is 9.59 Å². The summed E-state index contributed by atoms with van der Waals surface area (Å²) in [4.78, 5) is 38.4. The van der Waals surface area contributed by atoms with E-state index in [-0.39, 0.29) is 12.2 Å². The third-order valence-electron chi connectivity index (χ3n) is 5.11. The quantitative estimate of drug-likeness (QED) is 0.451. The number of imide groups is 1. The van der Waals surface area contributed by atoms with Gasteiger partial charge in [0.15, 0.2) is 0 Å². The standard InChI is InChI=1S/C24H21ClN4O3/c1-15-5-8-17(9-6-15)26-22(30)14-29-23(31)21(27-24(29)32)13-18-4-3-11-28(18)19-10-7-16(2)20(25)12-19/h3-13H,14H2,1-2H3,(H,26,30)(H,27,32)/b21-13-. The van der Waals surface area contributed by atoms with Gasteiger partial charge in [0, 0.05) is 28.3 Å². The molecule has 0 radical (unpaired) electrons. The molecule has 1 fully saturated rings. The molecule has 0 aliphatic carbocycles. The molecule has 3 aromatic rings. The number of carbonyl (C=O) groups is 3. The van der Waals surface area contributed by atoms with Crippen molar-refractivity contribution in [2.45, 2.75) is 13.8 Å². The number of hydrogen-bond donors (Lipinski definition) is 2. The summed E-state index contributed by atoms with van der Waals surface area (Å²) in [6.45, 7) is 3.47. The maximum atomic E-state index is 12.8. The van der Waals surface area contributed by atoms with E-state index in [0.717, 1.165) is 21.7 Å². The van der Waals surface area contributed by atoms with Crippen LogP contribution in [0.5, 0.6) is 0 Å². The molecule has 0 saturated carbocycles. The fraction of sp³-hybridized carbons (Fsp3) is 0.125. The topological polar surface area (TPSA) is 83.4 Å². The van der Waals surface area contributed by atoms with Crippen LogP contribution in [-0.2, 0) is 9.59 Å². The number of aromatic nitrogens is 1. The van der Waals surface area contributed by atoms with Crippen LogP contribution in [-0.4, -0.2) is 33.9 Å². The fourth-order valence-electron chi connectivity index (χ4n) is 3.32. The molecule has 7 nitrogen and oxygen atoms in total. The Balaban J connectivity index is 1.50. The molecule has 1 aromatic heterocycles. The zero-order chi connectivity index (χ0) is 22.8. The van der Waals surface area contributed by atoms with E-state index >= 15 is 0 Å². The van der Waals surface area contributed by atoms with Gasteiger partial charge in [0.1, 0.15) is 12.2 Å². The molecule has 0 spiro atoms. The Morgan fingerprint density at radius 2 is 1.84 bits per heavy atom. The number of nitrogens with one attached hydrogen (secondary N) is 2. The number of carbonyl (C=O) groups excluding carboxylic acids is 3. The highest BCUT2D eigenvalue weighted by Crippen LogP contribution is 2.23. The SMILES string of the molecule is Cc1ccc(NC(=O)CN2C(=O)N/C(=C\c3cccn3-c3ccc(C)c(Cl)c3)C2=O)cc1. The number of benzene rings is 2. The fourth-order valence-corrected chi connectivity index (χ4v) is 3.50. The van der Waals surface area contributed by atoms with E-state index in [1.165, 1.54) is 0 Å². The predicted octanol–water partition coefficient (Wildman–Crippen LogP) is 4.28. The Kier molecular flexibility index (Phi) is 5.83. The Hall–Kier alpha value is -3.84. The largest absolute Gasteiger partial charge is 0.329 e. The summed E-state index contributed by atoms with van der Waals surface area (Å²) < 4.78 is 1.85. The highest BCUT2D eigenvalue weighted by atomic mass is 35.5. The van der Waals surface area contributed by atoms with Gasteiger partial charge in [-0.15, -0.1) is 0 Å². The number of urea groups is 1. The Morgan fingerprint density at radius 3 is 2.56 bits per heavy atom. The van der Waals surface area contributed by atoms with E-state index in [4.69, 9.17) is 11.6 Å². The van der Waals surface area contributed by atoms with Crippen molar-refractivity contribution < 1.29 is 14.4 Å². The summed E-state index contributed by atoms with van der Waals surface area (Å²) in [5, 5.41) is 5.87. The molecule has 0 atom stereocenters. The molecule has 2 aromatic carbocycles. The van der Waals surface area contributed by atoms with Gasteiger partial charge < -0.3 is 15.2 Å². The van der Waals surface area contributed by atoms with Crippen molar-refractivity contribution >= 4 is 41.2 Å². The number of aryl methyl sites for hydroxylation is 2. The Labute approximate surface area is 190 Å². The summed E-state index contributed by atoms with van der Waals surface area (Å²) in [7, 11) is 0. The minimum atomic E-state index is -0.642. The second kappa shape index (κ2) is 8.72. The average molecular weight is 449 g/mol. The number of hydrogen-bond acceptors (Lipinski definition) is 3. The lowest BCUT2D eigenvalue weighted by Crippen LogP contribution is -2.38. The number of rotatable bonds is 5. The molecule has 2 heterocycles. The van der Waals surface area contributed by atoms with Gasteiger partial charge in [0.2, 0.25) is 5.91 Å². The second-order valence-electron chi connectivity index (χ2n) is 7.53. The van der Waals surface area contributed by atoms with Crippen molar-refractivity contribution in [3.8, 4) is 5.69 Å². The predicted molar refractivity (Wildman–Crippen MR) is 124 cm³/mol. The van der Waals surface area contributed by atoms with Crippen molar-refractivity contribution in [3.05, 3.63) is 88.3 Å². The minimum absolute atomic E-state index is 0.0938. The van der Waals surface area contributed by atoms with Gasteiger partial charge in [0.25, 0.3) is 5.91 Å². The normalized spacial score (nSPS) is 14.7. The Bertz CT molecular complexity index is 1240. The van der Waals surface area contributed by atoms with Gasteiger partial charge in [-0.2, -0.15) is 0 Å². The van der Waals surface area contributed by atoms with Crippen LogP contribution in [0.2, 0.25) is 5.02 Å². The van der Waals surface area contributed by atoms with Crippen molar-refractivity contribution in [3.63, 3.8) is 0 Å². The summed E-state index contributed by atoms with van der Waals surface area (Å²) >= 11 is 6.24. The first kappa shape index (κ1) is 21.4. The van der Waals surface area contributed by atoms with Gasteiger partial charge in [0.05, 0.1) is 0 Å². The van der Waals surface area contributed by atoms with Gasteiger partial charge in [-0.25, -0.2) is 9.69 Å². The summed E-state index contributed by atoms with van der Waals surface area (Å²) in [6.07, 6.45) is 3.41. The lowest BCUT2D eigenvalue weighted by molar-refractivity contribution is -0.127. The summed E-state index contributed by atoms with van der Waals surface area (Å²) in [5.74, 6) is -1.03. The molecule has 2 N–H and O–H groups in total. The first-order chi connectivity index (χ1) is 15.3. The maximum Gasteiger partial charge on any atom is 0.329 e. The summed E-state index contributed by atoms with van der Waals surface area (Å²) in [6, 6.07) is 15.9. The highest BCUT2D eigenvalue weighted by Gasteiger charge is 2.35. The van der Waals surface area contributed by atoms with Gasteiger partial charge >= 0.3 is 6.03 Å². The van der Waals surface area contributed by atoms with Crippen LogP contribution in [0.1, 0.15) is 16.8 Å². The third kappa shape index (κ3) is 4.43. The molecular formula is C24H21ClN4O3. The van der Waals surface area contributed by atoms with Gasteiger partial charge in [-0.05, 0) is 61.9 Å².